The van der Waals surface area contributed by atoms with Crippen LogP contribution in [0.25, 0.3) is 22.4 Å². The highest BCUT2D eigenvalue weighted by Gasteiger charge is 2.16. The van der Waals surface area contributed by atoms with Gasteiger partial charge in [-0.05, 0) is 12.1 Å². The minimum Gasteiger partial charge on any atom is -0.476 e. The summed E-state index contributed by atoms with van der Waals surface area (Å²) < 4.78 is 20.4. The zero-order chi connectivity index (χ0) is 13.6. The average Bonchev–Trinajstić information content (AvgIpc) is 2.93. The van der Waals surface area contributed by atoms with Crippen LogP contribution in [0.4, 0.5) is 4.39 Å². The van der Waals surface area contributed by atoms with Crippen molar-refractivity contribution in [3.63, 3.8) is 0 Å². The van der Waals surface area contributed by atoms with Crippen molar-refractivity contribution in [2.24, 2.45) is 7.05 Å². The van der Waals surface area contributed by atoms with Crippen LogP contribution in [0, 0.1) is 5.82 Å². The maximum Gasteiger partial charge on any atom is 0.356 e. The fourth-order valence-corrected chi connectivity index (χ4v) is 1.96. The highest BCUT2D eigenvalue weighted by atomic mass is 19.1. The van der Waals surface area contributed by atoms with E-state index in [0.717, 1.165) is 0 Å². The van der Waals surface area contributed by atoms with Gasteiger partial charge >= 0.3 is 5.97 Å². The average molecular weight is 260 g/mol. The van der Waals surface area contributed by atoms with Gasteiger partial charge in [0.05, 0.1) is 0 Å². The van der Waals surface area contributed by atoms with Gasteiger partial charge in [-0.2, -0.15) is 5.10 Å². The van der Waals surface area contributed by atoms with Crippen molar-refractivity contribution in [3.8, 4) is 11.5 Å². The molecule has 1 aromatic carbocycles. The molecule has 0 amide bonds. The number of benzene rings is 1. The summed E-state index contributed by atoms with van der Waals surface area (Å²) in [6.45, 7) is 0. The molecule has 6 heteroatoms. The molecule has 2 heterocycles. The van der Waals surface area contributed by atoms with Gasteiger partial charge in [-0.1, -0.05) is 12.1 Å². The van der Waals surface area contributed by atoms with E-state index in [0.29, 0.717) is 16.8 Å². The number of aromatic carboxylic acids is 1. The van der Waals surface area contributed by atoms with Crippen molar-refractivity contribution in [2.45, 2.75) is 0 Å². The van der Waals surface area contributed by atoms with Crippen molar-refractivity contribution in [1.29, 1.82) is 0 Å². The van der Waals surface area contributed by atoms with Crippen molar-refractivity contribution >= 4 is 16.9 Å². The van der Waals surface area contributed by atoms with E-state index in [1.165, 1.54) is 16.8 Å². The van der Waals surface area contributed by atoms with E-state index in [1.807, 2.05) is 0 Å². The lowest BCUT2D eigenvalue weighted by molar-refractivity contribution is 0.0689. The van der Waals surface area contributed by atoms with Gasteiger partial charge in [-0.15, -0.1) is 0 Å². The second-order valence-electron chi connectivity index (χ2n) is 4.11. The van der Waals surface area contributed by atoms with E-state index in [1.54, 1.807) is 25.2 Å². The third-order valence-corrected chi connectivity index (χ3v) is 2.85. The molecule has 0 atom stereocenters. The normalized spacial score (nSPS) is 11.1. The number of rotatable bonds is 2. The van der Waals surface area contributed by atoms with E-state index in [4.69, 9.17) is 9.52 Å². The summed E-state index contributed by atoms with van der Waals surface area (Å²) in [6, 6.07) is 7.66. The van der Waals surface area contributed by atoms with Crippen LogP contribution in [0.3, 0.4) is 0 Å². The summed E-state index contributed by atoms with van der Waals surface area (Å²) >= 11 is 0. The lowest BCUT2D eigenvalue weighted by Gasteiger charge is -1.95. The molecule has 0 aliphatic carbocycles. The maximum atomic E-state index is 13.5. The van der Waals surface area contributed by atoms with Crippen molar-refractivity contribution in [1.82, 2.24) is 9.78 Å². The minimum absolute atomic E-state index is 0.0848. The number of furan rings is 1. The quantitative estimate of drug-likeness (QED) is 0.769. The zero-order valence-electron chi connectivity index (χ0n) is 9.92. The van der Waals surface area contributed by atoms with Gasteiger partial charge in [-0.25, -0.2) is 9.18 Å². The van der Waals surface area contributed by atoms with Gasteiger partial charge < -0.3 is 9.52 Å². The zero-order valence-corrected chi connectivity index (χ0v) is 9.92. The van der Waals surface area contributed by atoms with E-state index >= 15 is 0 Å². The first-order valence-corrected chi connectivity index (χ1v) is 5.52. The smallest absolute Gasteiger partial charge is 0.356 e. The molecule has 0 radical (unpaired) electrons. The standard InChI is InChI=1S/C13H9FN2O3/c1-16-10(6-9(15-16)13(17)18)11-5-7-3-2-4-8(14)12(7)19-11/h2-6H,1H3,(H,17,18). The van der Waals surface area contributed by atoms with Crippen LogP contribution in [-0.4, -0.2) is 20.9 Å². The largest absolute Gasteiger partial charge is 0.476 e. The topological polar surface area (TPSA) is 68.3 Å². The third kappa shape index (κ3) is 1.77. The third-order valence-electron chi connectivity index (χ3n) is 2.85. The van der Waals surface area contributed by atoms with Crippen LogP contribution in [0.5, 0.6) is 0 Å². The Bertz CT molecular complexity index is 788. The number of aryl methyl sites for hydroxylation is 1. The van der Waals surface area contributed by atoms with Crippen LogP contribution in [0.2, 0.25) is 0 Å². The number of para-hydroxylation sites is 1. The van der Waals surface area contributed by atoms with E-state index in [9.17, 15) is 9.18 Å². The molecular formula is C13H9FN2O3. The van der Waals surface area contributed by atoms with Crippen molar-refractivity contribution in [2.75, 3.05) is 0 Å². The molecule has 3 rings (SSSR count). The number of nitrogens with zero attached hydrogens (tertiary/aromatic N) is 2. The number of aromatic nitrogens is 2. The molecule has 0 spiro atoms. The Morgan fingerprint density at radius 1 is 1.42 bits per heavy atom. The lowest BCUT2D eigenvalue weighted by Crippen LogP contribution is -1.99. The molecular weight excluding hydrogens is 251 g/mol. The number of hydrogen-bond acceptors (Lipinski definition) is 3. The van der Waals surface area contributed by atoms with Gasteiger partial charge in [0.15, 0.2) is 22.9 Å². The molecule has 0 aliphatic heterocycles. The Balaban J connectivity index is 2.19. The Kier molecular flexibility index (Phi) is 2.38. The first kappa shape index (κ1) is 11.5. The Labute approximate surface area is 106 Å². The summed E-state index contributed by atoms with van der Waals surface area (Å²) in [5.41, 5.74) is 0.544. The molecule has 0 saturated heterocycles. The van der Waals surface area contributed by atoms with Gasteiger partial charge in [0, 0.05) is 18.5 Å². The lowest BCUT2D eigenvalue weighted by atomic mass is 10.2. The fraction of sp³-hybridized carbons (Fsp3) is 0.0769. The van der Waals surface area contributed by atoms with E-state index in [-0.39, 0.29) is 11.3 Å². The molecule has 96 valence electrons. The summed E-state index contributed by atoms with van der Waals surface area (Å²) in [5.74, 6) is -1.20. The molecule has 0 aliphatic rings. The van der Waals surface area contributed by atoms with Crippen LogP contribution in [0.15, 0.2) is 34.7 Å². The number of fused-ring (bicyclic) bond motifs is 1. The SMILES string of the molecule is Cn1nc(C(=O)O)cc1-c1cc2cccc(F)c2o1. The fourth-order valence-electron chi connectivity index (χ4n) is 1.96. The molecule has 1 N–H and O–H groups in total. The molecule has 0 saturated carbocycles. The number of hydrogen-bond donors (Lipinski definition) is 1. The summed E-state index contributed by atoms with van der Waals surface area (Å²) in [7, 11) is 1.60. The highest BCUT2D eigenvalue weighted by Crippen LogP contribution is 2.29. The predicted molar refractivity (Wildman–Crippen MR) is 65.3 cm³/mol. The number of carboxylic acids is 1. The molecule has 19 heavy (non-hydrogen) atoms. The Morgan fingerprint density at radius 2 is 2.21 bits per heavy atom. The van der Waals surface area contributed by atoms with Gasteiger partial charge in [-0.3, -0.25) is 4.68 Å². The summed E-state index contributed by atoms with van der Waals surface area (Å²) in [5, 5.41) is 13.3. The van der Waals surface area contributed by atoms with E-state index < -0.39 is 11.8 Å². The van der Waals surface area contributed by atoms with E-state index in [2.05, 4.69) is 5.10 Å². The molecule has 0 unspecified atom stereocenters. The van der Waals surface area contributed by atoms with Crippen LogP contribution in [0.1, 0.15) is 10.5 Å². The van der Waals surface area contributed by atoms with Crippen LogP contribution < -0.4 is 0 Å². The predicted octanol–water partition coefficient (Wildman–Crippen LogP) is 2.67. The van der Waals surface area contributed by atoms with Crippen LogP contribution >= 0.6 is 0 Å². The molecule has 5 nitrogen and oxygen atoms in total. The van der Waals surface area contributed by atoms with Gasteiger partial charge in [0.25, 0.3) is 0 Å². The highest BCUT2D eigenvalue weighted by molar-refractivity contribution is 5.88. The Hall–Kier alpha value is -2.63. The monoisotopic (exact) mass is 260 g/mol. The summed E-state index contributed by atoms with van der Waals surface area (Å²) in [4.78, 5) is 10.9. The van der Waals surface area contributed by atoms with Gasteiger partial charge in [0.2, 0.25) is 0 Å². The van der Waals surface area contributed by atoms with Gasteiger partial charge in [0.1, 0.15) is 5.69 Å². The first-order chi connectivity index (χ1) is 9.06. The first-order valence-electron chi connectivity index (χ1n) is 5.52. The molecule has 0 bridgehead atoms. The summed E-state index contributed by atoms with van der Waals surface area (Å²) in [6.07, 6.45) is 0. The number of carbonyl (C=O) groups is 1. The maximum absolute atomic E-state index is 13.5. The van der Waals surface area contributed by atoms with Crippen LogP contribution in [-0.2, 0) is 7.05 Å². The Morgan fingerprint density at radius 3 is 2.84 bits per heavy atom. The molecule has 0 fully saturated rings. The number of halogens is 1. The minimum atomic E-state index is -1.12. The molecule has 3 aromatic rings. The second-order valence-corrected chi connectivity index (χ2v) is 4.11. The molecule has 2 aromatic heterocycles. The number of carboxylic acid groups (broad SMARTS) is 1. The van der Waals surface area contributed by atoms with Crippen molar-refractivity contribution in [3.05, 3.63) is 41.8 Å². The van der Waals surface area contributed by atoms with Crippen molar-refractivity contribution < 1.29 is 18.7 Å². The second kappa shape index (κ2) is 3.94.